The van der Waals surface area contributed by atoms with Gasteiger partial charge in [0.1, 0.15) is 5.82 Å². The van der Waals surface area contributed by atoms with E-state index in [1.54, 1.807) is 13.2 Å². The van der Waals surface area contributed by atoms with Crippen LogP contribution in [0.5, 0.6) is 0 Å². The Kier molecular flexibility index (Phi) is 3.47. The number of carboxylic acids is 1. The Hall–Kier alpha value is -2.21. The van der Waals surface area contributed by atoms with Gasteiger partial charge in [0, 0.05) is 31.3 Å². The van der Waals surface area contributed by atoms with Gasteiger partial charge < -0.3 is 14.7 Å². The number of methoxy groups -OCH3 is 1. The van der Waals surface area contributed by atoms with E-state index in [2.05, 4.69) is 4.98 Å². The molecule has 2 heterocycles. The van der Waals surface area contributed by atoms with Crippen molar-refractivity contribution in [1.82, 2.24) is 4.98 Å². The van der Waals surface area contributed by atoms with Crippen molar-refractivity contribution in [2.75, 3.05) is 25.1 Å². The van der Waals surface area contributed by atoms with Crippen LogP contribution in [0.2, 0.25) is 0 Å². The second kappa shape index (κ2) is 5.29. The molecule has 1 aromatic carbocycles. The minimum Gasteiger partial charge on any atom is -0.481 e. The number of benzene rings is 1. The molecule has 6 heteroatoms. The number of carbonyl (C=O) groups is 1. The number of aliphatic carboxylic acids is 1. The van der Waals surface area contributed by atoms with Crippen LogP contribution in [0.15, 0.2) is 24.3 Å². The van der Waals surface area contributed by atoms with Crippen molar-refractivity contribution in [2.45, 2.75) is 6.61 Å². The minimum absolute atomic E-state index is 0.333. The molecule has 1 saturated heterocycles. The van der Waals surface area contributed by atoms with Crippen LogP contribution in [0.3, 0.4) is 0 Å². The summed E-state index contributed by atoms with van der Waals surface area (Å²) in [5.41, 5.74) is 2.23. The zero-order chi connectivity index (χ0) is 15.0. The van der Waals surface area contributed by atoms with Gasteiger partial charge in [0.15, 0.2) is 0 Å². The SMILES string of the molecule is COCc1cc(N2CC(C(=O)O)C2)c2cc(F)ccc2n1. The summed E-state index contributed by atoms with van der Waals surface area (Å²) in [6.07, 6.45) is 0. The fourth-order valence-electron chi connectivity index (χ4n) is 2.55. The molecule has 3 rings (SSSR count). The first kappa shape index (κ1) is 13.8. The van der Waals surface area contributed by atoms with E-state index in [-0.39, 0.29) is 11.7 Å². The third-order valence-corrected chi connectivity index (χ3v) is 3.67. The number of anilines is 1. The number of rotatable bonds is 4. The average molecular weight is 290 g/mol. The highest BCUT2D eigenvalue weighted by atomic mass is 19.1. The number of nitrogens with zero attached hydrogens (tertiary/aromatic N) is 2. The van der Waals surface area contributed by atoms with Crippen LogP contribution < -0.4 is 4.90 Å². The molecule has 110 valence electrons. The van der Waals surface area contributed by atoms with E-state index in [1.807, 2.05) is 11.0 Å². The van der Waals surface area contributed by atoms with Crippen molar-refractivity contribution in [1.29, 1.82) is 0 Å². The molecule has 0 spiro atoms. The van der Waals surface area contributed by atoms with Gasteiger partial charge in [-0.25, -0.2) is 4.39 Å². The molecule has 0 amide bonds. The van der Waals surface area contributed by atoms with Gasteiger partial charge in [0.2, 0.25) is 0 Å². The van der Waals surface area contributed by atoms with E-state index in [0.717, 1.165) is 11.4 Å². The highest BCUT2D eigenvalue weighted by Gasteiger charge is 2.33. The molecule has 0 saturated carbocycles. The van der Waals surface area contributed by atoms with Crippen molar-refractivity contribution in [2.24, 2.45) is 5.92 Å². The summed E-state index contributed by atoms with van der Waals surface area (Å²) in [6.45, 7) is 1.21. The first-order valence-electron chi connectivity index (χ1n) is 6.64. The van der Waals surface area contributed by atoms with Crippen molar-refractivity contribution >= 4 is 22.6 Å². The quantitative estimate of drug-likeness (QED) is 0.933. The third kappa shape index (κ3) is 2.54. The number of halogens is 1. The summed E-state index contributed by atoms with van der Waals surface area (Å²) in [5, 5.41) is 9.67. The number of pyridine rings is 1. The normalized spacial score (nSPS) is 15.2. The fraction of sp³-hybridized carbons (Fsp3) is 0.333. The number of hydrogen-bond donors (Lipinski definition) is 1. The lowest BCUT2D eigenvalue weighted by Crippen LogP contribution is -2.50. The molecule has 0 bridgehead atoms. The Morgan fingerprint density at radius 2 is 2.24 bits per heavy atom. The standard InChI is InChI=1S/C15H15FN2O3/c1-21-8-11-5-14(18-6-9(7-18)15(19)20)12-4-10(16)2-3-13(12)17-11/h2-5,9H,6-8H2,1H3,(H,19,20). The second-order valence-electron chi connectivity index (χ2n) is 5.17. The van der Waals surface area contributed by atoms with E-state index >= 15 is 0 Å². The van der Waals surface area contributed by atoms with E-state index in [9.17, 15) is 9.18 Å². The Labute approximate surface area is 121 Å². The lowest BCUT2D eigenvalue weighted by atomic mass is 9.98. The van der Waals surface area contributed by atoms with Crippen molar-refractivity contribution < 1.29 is 19.0 Å². The van der Waals surface area contributed by atoms with Crippen LogP contribution in [0.4, 0.5) is 10.1 Å². The van der Waals surface area contributed by atoms with Crippen LogP contribution in [0.25, 0.3) is 10.9 Å². The molecule has 0 radical (unpaired) electrons. The number of ether oxygens (including phenoxy) is 1. The van der Waals surface area contributed by atoms with Gasteiger partial charge in [-0.3, -0.25) is 9.78 Å². The summed E-state index contributed by atoms with van der Waals surface area (Å²) in [7, 11) is 1.58. The van der Waals surface area contributed by atoms with E-state index in [1.165, 1.54) is 12.1 Å². The average Bonchev–Trinajstić information content (AvgIpc) is 2.37. The van der Waals surface area contributed by atoms with E-state index < -0.39 is 5.97 Å². The van der Waals surface area contributed by atoms with E-state index in [4.69, 9.17) is 9.84 Å². The zero-order valence-electron chi connectivity index (χ0n) is 11.5. The topological polar surface area (TPSA) is 62.7 Å². The maximum atomic E-state index is 13.5. The van der Waals surface area contributed by atoms with Gasteiger partial charge in [-0.05, 0) is 24.3 Å². The van der Waals surface area contributed by atoms with Crippen molar-refractivity contribution in [3.8, 4) is 0 Å². The van der Waals surface area contributed by atoms with Gasteiger partial charge in [-0.15, -0.1) is 0 Å². The molecule has 2 aromatic rings. The van der Waals surface area contributed by atoms with Crippen molar-refractivity contribution in [3.05, 3.63) is 35.8 Å². The Bertz CT molecular complexity index is 699. The van der Waals surface area contributed by atoms with Gasteiger partial charge >= 0.3 is 5.97 Å². The van der Waals surface area contributed by atoms with Crippen LogP contribution in [-0.2, 0) is 16.1 Å². The molecule has 0 atom stereocenters. The molecular formula is C15H15FN2O3. The second-order valence-corrected chi connectivity index (χ2v) is 5.17. The van der Waals surface area contributed by atoms with Crippen LogP contribution >= 0.6 is 0 Å². The molecule has 1 aliphatic heterocycles. The monoisotopic (exact) mass is 290 g/mol. The smallest absolute Gasteiger partial charge is 0.310 e. The maximum absolute atomic E-state index is 13.5. The number of carboxylic acid groups (broad SMARTS) is 1. The number of aromatic nitrogens is 1. The Morgan fingerprint density at radius 3 is 2.90 bits per heavy atom. The lowest BCUT2D eigenvalue weighted by molar-refractivity contribution is -0.142. The summed E-state index contributed by atoms with van der Waals surface area (Å²) in [4.78, 5) is 17.3. The fourth-order valence-corrected chi connectivity index (χ4v) is 2.55. The van der Waals surface area contributed by atoms with Crippen LogP contribution in [-0.4, -0.2) is 36.3 Å². The van der Waals surface area contributed by atoms with Gasteiger partial charge in [-0.1, -0.05) is 0 Å². The highest BCUT2D eigenvalue weighted by molar-refractivity contribution is 5.93. The Morgan fingerprint density at radius 1 is 1.48 bits per heavy atom. The largest absolute Gasteiger partial charge is 0.481 e. The molecule has 1 aromatic heterocycles. The van der Waals surface area contributed by atoms with Gasteiger partial charge in [-0.2, -0.15) is 0 Å². The Balaban J connectivity index is 2.02. The maximum Gasteiger partial charge on any atom is 0.310 e. The zero-order valence-corrected chi connectivity index (χ0v) is 11.5. The molecule has 1 N–H and O–H groups in total. The molecule has 1 aliphatic rings. The van der Waals surface area contributed by atoms with Crippen LogP contribution in [0, 0.1) is 11.7 Å². The van der Waals surface area contributed by atoms with Crippen molar-refractivity contribution in [3.63, 3.8) is 0 Å². The predicted octanol–water partition coefficient (Wildman–Crippen LogP) is 2.04. The van der Waals surface area contributed by atoms with E-state index in [0.29, 0.717) is 30.6 Å². The van der Waals surface area contributed by atoms with Crippen LogP contribution in [0.1, 0.15) is 5.69 Å². The third-order valence-electron chi connectivity index (χ3n) is 3.67. The predicted molar refractivity (Wildman–Crippen MR) is 75.8 cm³/mol. The lowest BCUT2D eigenvalue weighted by Gasteiger charge is -2.39. The molecule has 0 aliphatic carbocycles. The molecule has 0 unspecified atom stereocenters. The summed E-state index contributed by atoms with van der Waals surface area (Å²) >= 11 is 0. The van der Waals surface area contributed by atoms with Gasteiger partial charge in [0.05, 0.1) is 23.7 Å². The minimum atomic E-state index is -0.798. The summed E-state index contributed by atoms with van der Waals surface area (Å²) in [5.74, 6) is -1.50. The first-order chi connectivity index (χ1) is 10.1. The summed E-state index contributed by atoms with van der Waals surface area (Å²) in [6, 6.07) is 6.26. The number of hydrogen-bond acceptors (Lipinski definition) is 4. The van der Waals surface area contributed by atoms with Gasteiger partial charge in [0.25, 0.3) is 0 Å². The first-order valence-corrected chi connectivity index (χ1v) is 6.64. The highest BCUT2D eigenvalue weighted by Crippen LogP contribution is 2.32. The number of fused-ring (bicyclic) bond motifs is 1. The summed E-state index contributed by atoms with van der Waals surface area (Å²) < 4.78 is 18.6. The molecular weight excluding hydrogens is 275 g/mol. The molecule has 1 fully saturated rings. The molecule has 21 heavy (non-hydrogen) atoms. The molecule has 5 nitrogen and oxygen atoms in total.